The van der Waals surface area contributed by atoms with Gasteiger partial charge in [0.1, 0.15) is 0 Å². The van der Waals surface area contributed by atoms with Crippen LogP contribution in [0.5, 0.6) is 0 Å². The van der Waals surface area contributed by atoms with Crippen molar-refractivity contribution in [3.63, 3.8) is 0 Å². The first kappa shape index (κ1) is 14.1. The van der Waals surface area contributed by atoms with Crippen molar-refractivity contribution in [3.8, 4) is 0 Å². The van der Waals surface area contributed by atoms with Crippen LogP contribution in [0.15, 0.2) is 12.7 Å². The minimum absolute atomic E-state index is 0. The number of hydrogen-bond donors (Lipinski definition) is 2. The second-order valence-electron chi connectivity index (χ2n) is 2.80. The molecule has 6 heteroatoms. The van der Waals surface area contributed by atoms with Crippen molar-refractivity contribution in [1.29, 1.82) is 0 Å². The topological polar surface area (TPSA) is 75.6 Å². The van der Waals surface area contributed by atoms with Crippen LogP contribution in [0.3, 0.4) is 0 Å². The Morgan fingerprint density at radius 2 is 2.21 bits per heavy atom. The Kier molecular flexibility index (Phi) is 5.85. The van der Waals surface area contributed by atoms with Gasteiger partial charge in [0.05, 0.1) is 0 Å². The van der Waals surface area contributed by atoms with E-state index in [1.54, 1.807) is 0 Å². The van der Waals surface area contributed by atoms with E-state index in [0.29, 0.717) is 13.0 Å². The van der Waals surface area contributed by atoms with Gasteiger partial charge in [0.2, 0.25) is 5.72 Å². The first-order valence-electron chi connectivity index (χ1n) is 3.94. The van der Waals surface area contributed by atoms with Crippen molar-refractivity contribution >= 4 is 49.7 Å². The summed E-state index contributed by atoms with van der Waals surface area (Å²) in [6, 6.07) is 0. The summed E-state index contributed by atoms with van der Waals surface area (Å²) >= 11 is 0. The molecule has 1 rings (SSSR count). The number of carbonyl (C=O) groups is 2. The van der Waals surface area contributed by atoms with E-state index < -0.39 is 17.7 Å². The SMILES string of the molecule is C=CC(=O)OC(=O)[C@]1(O)CCCN1.[CaH2]. The number of aliphatic hydroxyl groups is 1. The molecule has 14 heavy (non-hydrogen) atoms. The van der Waals surface area contributed by atoms with E-state index in [0.717, 1.165) is 6.08 Å². The Labute approximate surface area is 111 Å². The number of carbonyl (C=O) groups excluding carboxylic acids is 2. The molecular weight excluding hydrogens is 214 g/mol. The molecule has 0 unspecified atom stereocenters. The fourth-order valence-corrected chi connectivity index (χ4v) is 1.12. The van der Waals surface area contributed by atoms with E-state index in [2.05, 4.69) is 16.6 Å². The van der Waals surface area contributed by atoms with E-state index in [9.17, 15) is 14.7 Å². The summed E-state index contributed by atoms with van der Waals surface area (Å²) in [6.45, 7) is 3.67. The van der Waals surface area contributed by atoms with Gasteiger partial charge in [-0.3, -0.25) is 5.32 Å². The van der Waals surface area contributed by atoms with Gasteiger partial charge in [0.15, 0.2) is 0 Å². The predicted molar refractivity (Wildman–Crippen MR) is 52.0 cm³/mol. The average Bonchev–Trinajstić information content (AvgIpc) is 2.53. The summed E-state index contributed by atoms with van der Waals surface area (Å²) in [5.41, 5.74) is -1.70. The summed E-state index contributed by atoms with van der Waals surface area (Å²) in [4.78, 5) is 21.8. The Bertz CT molecular complexity index is 248. The van der Waals surface area contributed by atoms with Gasteiger partial charge in [-0.25, -0.2) is 9.59 Å². The van der Waals surface area contributed by atoms with Gasteiger partial charge in [-0.05, 0) is 13.0 Å². The zero-order valence-electron chi connectivity index (χ0n) is 7.08. The molecule has 0 aromatic heterocycles. The zero-order chi connectivity index (χ0) is 9.90. The average molecular weight is 227 g/mol. The van der Waals surface area contributed by atoms with Gasteiger partial charge in [-0.1, -0.05) is 6.58 Å². The van der Waals surface area contributed by atoms with E-state index in [4.69, 9.17) is 0 Å². The Morgan fingerprint density at radius 3 is 2.64 bits per heavy atom. The minimum atomic E-state index is -1.70. The van der Waals surface area contributed by atoms with Gasteiger partial charge in [0.25, 0.3) is 0 Å². The molecule has 1 aliphatic rings. The Balaban J connectivity index is 0.00000169. The molecule has 1 heterocycles. The number of esters is 2. The van der Waals surface area contributed by atoms with Crippen molar-refractivity contribution in [2.75, 3.05) is 6.54 Å². The fraction of sp³-hybridized carbons (Fsp3) is 0.500. The monoisotopic (exact) mass is 227 g/mol. The van der Waals surface area contributed by atoms with Crippen molar-refractivity contribution < 1.29 is 19.4 Å². The molecule has 5 nitrogen and oxygen atoms in total. The standard InChI is InChI=1S/C8H11NO4.Ca.2H/c1-2-6(10)13-7(11)8(12)4-3-5-9-8;;;/h2,9,12H,1,3-5H2;;;/t8-;;;/m1.../s1. The molecule has 2 N–H and O–H groups in total. The molecule has 0 amide bonds. The Morgan fingerprint density at radius 1 is 1.57 bits per heavy atom. The quantitative estimate of drug-likeness (QED) is 0.257. The van der Waals surface area contributed by atoms with Gasteiger partial charge >= 0.3 is 49.7 Å². The first-order valence-corrected chi connectivity index (χ1v) is 3.94. The van der Waals surface area contributed by atoms with Gasteiger partial charge < -0.3 is 9.84 Å². The molecule has 1 atom stereocenters. The molecule has 1 saturated heterocycles. The van der Waals surface area contributed by atoms with Gasteiger partial charge in [-0.2, -0.15) is 0 Å². The summed E-state index contributed by atoms with van der Waals surface area (Å²) in [5.74, 6) is -1.82. The van der Waals surface area contributed by atoms with Crippen LogP contribution in [0.25, 0.3) is 0 Å². The number of hydrogen-bond acceptors (Lipinski definition) is 5. The van der Waals surface area contributed by atoms with Crippen molar-refractivity contribution in [3.05, 3.63) is 12.7 Å². The molecule has 0 bridgehead atoms. The second-order valence-corrected chi connectivity index (χ2v) is 2.80. The van der Waals surface area contributed by atoms with E-state index in [1.165, 1.54) is 0 Å². The summed E-state index contributed by atoms with van der Waals surface area (Å²) < 4.78 is 4.28. The molecule has 0 aliphatic carbocycles. The third kappa shape index (κ3) is 3.33. The molecule has 0 spiro atoms. The van der Waals surface area contributed by atoms with Crippen molar-refractivity contribution in [2.45, 2.75) is 18.6 Å². The number of rotatable bonds is 2. The van der Waals surface area contributed by atoms with E-state index in [1.807, 2.05) is 0 Å². The molecule has 0 saturated carbocycles. The maximum atomic E-state index is 11.1. The van der Waals surface area contributed by atoms with Gasteiger partial charge in [-0.15, -0.1) is 0 Å². The van der Waals surface area contributed by atoms with Gasteiger partial charge in [0, 0.05) is 12.5 Å². The number of nitrogens with one attached hydrogen (secondary N) is 1. The fourth-order valence-electron chi connectivity index (χ4n) is 1.12. The molecule has 1 aliphatic heterocycles. The van der Waals surface area contributed by atoms with Crippen LogP contribution in [-0.2, 0) is 14.3 Å². The maximum absolute atomic E-state index is 11.1. The summed E-state index contributed by atoms with van der Waals surface area (Å²) in [6.07, 6.45) is 1.81. The number of ether oxygens (including phenoxy) is 1. The van der Waals surface area contributed by atoms with E-state index in [-0.39, 0.29) is 44.2 Å². The summed E-state index contributed by atoms with van der Waals surface area (Å²) in [5, 5.41) is 12.1. The van der Waals surface area contributed by atoms with Crippen molar-refractivity contribution in [2.24, 2.45) is 0 Å². The molecular formula is C8H13CaNO4. The first-order chi connectivity index (χ1) is 6.08. The van der Waals surface area contributed by atoms with Crippen LogP contribution in [0.4, 0.5) is 0 Å². The second kappa shape index (κ2) is 5.82. The third-order valence-corrected chi connectivity index (χ3v) is 1.83. The van der Waals surface area contributed by atoms with E-state index >= 15 is 0 Å². The van der Waals surface area contributed by atoms with Crippen LogP contribution in [0, 0.1) is 0 Å². The molecule has 0 aromatic rings. The third-order valence-electron chi connectivity index (χ3n) is 1.83. The molecule has 1 fully saturated rings. The van der Waals surface area contributed by atoms with Crippen LogP contribution in [0.2, 0.25) is 0 Å². The van der Waals surface area contributed by atoms with Crippen LogP contribution in [-0.4, -0.2) is 67.1 Å². The van der Waals surface area contributed by atoms with Crippen molar-refractivity contribution in [1.82, 2.24) is 5.32 Å². The van der Waals surface area contributed by atoms with Crippen LogP contribution >= 0.6 is 0 Å². The molecule has 0 aromatic carbocycles. The Hall–Kier alpha value is 0.0597. The normalized spacial score (nSPS) is 24.9. The molecule has 0 radical (unpaired) electrons. The zero-order valence-corrected chi connectivity index (χ0v) is 7.08. The summed E-state index contributed by atoms with van der Waals surface area (Å²) in [7, 11) is 0. The predicted octanol–water partition coefficient (Wildman–Crippen LogP) is -1.60. The molecule has 76 valence electrons. The van der Waals surface area contributed by atoms with Crippen LogP contribution in [0.1, 0.15) is 12.8 Å². The van der Waals surface area contributed by atoms with Crippen LogP contribution < -0.4 is 5.32 Å².